The summed E-state index contributed by atoms with van der Waals surface area (Å²) in [5.41, 5.74) is 0. The van der Waals surface area contributed by atoms with Crippen LogP contribution in [0.4, 0.5) is 0 Å². The molecule has 0 aliphatic heterocycles. The summed E-state index contributed by atoms with van der Waals surface area (Å²) in [4.78, 5) is 42.3. The van der Waals surface area contributed by atoms with Gasteiger partial charge in [-0.05, 0) is 70.1 Å². The van der Waals surface area contributed by atoms with Crippen molar-refractivity contribution in [2.45, 2.75) is 127 Å². The van der Waals surface area contributed by atoms with Crippen LogP contribution in [-0.2, 0) is 33.4 Å². The SMILES string of the molecule is CC(=O)C(C)CC(C)C.CCOC(CC(C)C)C(=O)O.COC(CC(C)C)C(=O)O.CO[C@@H](CC(C)C)C(C)=O. The molecule has 0 radical (unpaired) electrons. The minimum Gasteiger partial charge on any atom is -0.479 e. The van der Waals surface area contributed by atoms with Gasteiger partial charge < -0.3 is 24.4 Å². The second-order valence-electron chi connectivity index (χ2n) is 11.7. The first-order valence-electron chi connectivity index (χ1n) is 14.4. The van der Waals surface area contributed by atoms with E-state index in [0.29, 0.717) is 48.9 Å². The van der Waals surface area contributed by atoms with Gasteiger partial charge in [0.2, 0.25) is 0 Å². The van der Waals surface area contributed by atoms with Crippen molar-refractivity contribution in [1.29, 1.82) is 0 Å². The van der Waals surface area contributed by atoms with Gasteiger partial charge in [-0.25, -0.2) is 9.59 Å². The van der Waals surface area contributed by atoms with E-state index in [2.05, 4.69) is 27.7 Å². The Balaban J connectivity index is -0.000000217. The highest BCUT2D eigenvalue weighted by Gasteiger charge is 2.18. The van der Waals surface area contributed by atoms with Crippen LogP contribution in [0, 0.1) is 29.6 Å². The minimum absolute atomic E-state index is 0.121. The van der Waals surface area contributed by atoms with Gasteiger partial charge in [-0.3, -0.25) is 9.59 Å². The van der Waals surface area contributed by atoms with Crippen LogP contribution in [0.2, 0.25) is 0 Å². The number of carboxylic acid groups (broad SMARTS) is 2. The van der Waals surface area contributed by atoms with Crippen molar-refractivity contribution < 1.29 is 43.6 Å². The lowest BCUT2D eigenvalue weighted by atomic mass is 9.96. The summed E-state index contributed by atoms with van der Waals surface area (Å²) in [5, 5.41) is 17.1. The van der Waals surface area contributed by atoms with Gasteiger partial charge in [-0.2, -0.15) is 0 Å². The Morgan fingerprint density at radius 1 is 0.550 bits per heavy atom. The van der Waals surface area contributed by atoms with Crippen molar-refractivity contribution in [2.75, 3.05) is 20.8 Å². The number of carbonyl (C=O) groups excluding carboxylic acids is 2. The fourth-order valence-electron chi connectivity index (χ4n) is 3.32. The zero-order valence-electron chi connectivity index (χ0n) is 27.9. The molecular weight excluding hydrogens is 516 g/mol. The standard InChI is InChI=1S/C8H16O3.C8H16O2.C8H16O.C7H14O3/c1-4-11-7(8(9)10)5-6(2)3;1-6(2)5-8(10-4)7(3)9;1-6(2)5-7(3)8(4)9;1-5(2)4-6(10-3)7(8)9/h6-7H,4-5H2,1-3H3,(H,9,10);6,8H,5H2,1-4H3;6-7H,5H2,1-4H3;5-6H,4H2,1-3H3,(H,8,9)/t;8-;;/m.0../s1. The first kappa shape index (κ1) is 45.2. The molecule has 40 heavy (non-hydrogen) atoms. The van der Waals surface area contributed by atoms with E-state index in [-0.39, 0.29) is 17.8 Å². The summed E-state index contributed by atoms with van der Waals surface area (Å²) in [6.07, 6.45) is 1.55. The molecule has 0 aromatic rings. The molecule has 3 unspecified atom stereocenters. The lowest BCUT2D eigenvalue weighted by Gasteiger charge is -2.13. The molecule has 0 rings (SSSR count). The lowest BCUT2D eigenvalue weighted by molar-refractivity contribution is -0.151. The highest BCUT2D eigenvalue weighted by Crippen LogP contribution is 2.11. The third kappa shape index (κ3) is 32.4. The number of carboxylic acids is 2. The molecule has 9 heteroatoms. The largest absolute Gasteiger partial charge is 0.479 e. The van der Waals surface area contributed by atoms with Gasteiger partial charge in [0.1, 0.15) is 11.9 Å². The Hall–Kier alpha value is -1.84. The van der Waals surface area contributed by atoms with E-state index in [1.807, 2.05) is 34.6 Å². The number of hydrogen-bond donors (Lipinski definition) is 2. The maximum absolute atomic E-state index is 10.8. The normalized spacial score (nSPS) is 13.7. The average molecular weight is 579 g/mol. The zero-order chi connectivity index (χ0) is 32.6. The Morgan fingerprint density at radius 3 is 1.02 bits per heavy atom. The molecule has 240 valence electrons. The number of ether oxygens (including phenoxy) is 3. The molecule has 0 bridgehead atoms. The highest BCUT2D eigenvalue weighted by molar-refractivity contribution is 5.80. The lowest BCUT2D eigenvalue weighted by Crippen LogP contribution is -2.25. The van der Waals surface area contributed by atoms with Crippen LogP contribution in [0.25, 0.3) is 0 Å². The smallest absolute Gasteiger partial charge is 0.332 e. The summed E-state index contributed by atoms with van der Waals surface area (Å²) in [7, 11) is 3.00. The molecule has 4 atom stereocenters. The van der Waals surface area contributed by atoms with Gasteiger partial charge in [0, 0.05) is 26.7 Å². The predicted molar refractivity (Wildman–Crippen MR) is 161 cm³/mol. The van der Waals surface area contributed by atoms with Crippen LogP contribution < -0.4 is 0 Å². The maximum Gasteiger partial charge on any atom is 0.332 e. The molecule has 0 aromatic carbocycles. The van der Waals surface area contributed by atoms with Crippen molar-refractivity contribution in [3.63, 3.8) is 0 Å². The third-order valence-corrected chi connectivity index (χ3v) is 5.52. The molecule has 0 heterocycles. The van der Waals surface area contributed by atoms with Gasteiger partial charge in [0.05, 0.1) is 0 Å². The van der Waals surface area contributed by atoms with E-state index < -0.39 is 24.1 Å². The second kappa shape index (κ2) is 27.3. The van der Waals surface area contributed by atoms with E-state index in [0.717, 1.165) is 12.8 Å². The van der Waals surface area contributed by atoms with E-state index >= 15 is 0 Å². The van der Waals surface area contributed by atoms with E-state index in [9.17, 15) is 19.2 Å². The molecule has 0 fully saturated rings. The van der Waals surface area contributed by atoms with Crippen LogP contribution in [0.15, 0.2) is 0 Å². The molecule has 0 aliphatic rings. The minimum atomic E-state index is -0.879. The van der Waals surface area contributed by atoms with E-state index in [1.165, 1.54) is 7.11 Å². The number of hydrogen-bond acceptors (Lipinski definition) is 7. The quantitative estimate of drug-likeness (QED) is 0.209. The Kier molecular flexibility index (Phi) is 30.9. The predicted octanol–water partition coefficient (Wildman–Crippen LogP) is 6.55. The summed E-state index contributed by atoms with van der Waals surface area (Å²) < 4.78 is 14.7. The summed E-state index contributed by atoms with van der Waals surface area (Å²) in [6, 6.07) is 0. The number of ketones is 2. The Labute approximate surface area is 244 Å². The van der Waals surface area contributed by atoms with Crippen molar-refractivity contribution >= 4 is 23.5 Å². The van der Waals surface area contributed by atoms with Gasteiger partial charge in [-0.1, -0.05) is 62.3 Å². The maximum atomic E-state index is 10.8. The second-order valence-corrected chi connectivity index (χ2v) is 11.7. The molecule has 9 nitrogen and oxygen atoms in total. The first-order valence-corrected chi connectivity index (χ1v) is 14.4. The van der Waals surface area contributed by atoms with Crippen LogP contribution in [0.3, 0.4) is 0 Å². The molecular formula is C31H62O9. The monoisotopic (exact) mass is 578 g/mol. The summed E-state index contributed by atoms with van der Waals surface area (Å²) in [5.74, 6) is 0.836. The molecule has 0 aliphatic carbocycles. The molecule has 0 amide bonds. The molecule has 0 saturated carbocycles. The van der Waals surface area contributed by atoms with Crippen molar-refractivity contribution in [1.82, 2.24) is 0 Å². The first-order chi connectivity index (χ1) is 18.3. The highest BCUT2D eigenvalue weighted by atomic mass is 16.5. The van der Waals surface area contributed by atoms with E-state index in [4.69, 9.17) is 24.4 Å². The van der Waals surface area contributed by atoms with Crippen LogP contribution >= 0.6 is 0 Å². The molecule has 0 spiro atoms. The van der Waals surface area contributed by atoms with Crippen LogP contribution in [0.5, 0.6) is 0 Å². The van der Waals surface area contributed by atoms with Crippen LogP contribution in [0.1, 0.15) is 109 Å². The Bertz CT molecular complexity index is 629. The molecule has 2 N–H and O–H groups in total. The van der Waals surface area contributed by atoms with Crippen LogP contribution in [-0.4, -0.2) is 72.9 Å². The fourth-order valence-corrected chi connectivity index (χ4v) is 3.32. The van der Waals surface area contributed by atoms with Crippen molar-refractivity contribution in [2.24, 2.45) is 29.6 Å². The van der Waals surface area contributed by atoms with E-state index in [1.54, 1.807) is 27.9 Å². The average Bonchev–Trinajstić information content (AvgIpc) is 2.80. The fraction of sp³-hybridized carbons (Fsp3) is 0.871. The number of aliphatic carboxylic acids is 2. The zero-order valence-corrected chi connectivity index (χ0v) is 27.9. The van der Waals surface area contributed by atoms with Gasteiger partial charge in [0.25, 0.3) is 0 Å². The molecule has 0 saturated heterocycles. The van der Waals surface area contributed by atoms with Gasteiger partial charge in [0.15, 0.2) is 18.0 Å². The number of Topliss-reactive ketones (excluding diaryl/α,β-unsaturated/α-hetero) is 2. The van der Waals surface area contributed by atoms with Crippen molar-refractivity contribution in [3.05, 3.63) is 0 Å². The number of methoxy groups -OCH3 is 2. The third-order valence-electron chi connectivity index (χ3n) is 5.52. The van der Waals surface area contributed by atoms with Gasteiger partial charge >= 0.3 is 11.9 Å². The Morgan fingerprint density at radius 2 is 0.875 bits per heavy atom. The number of rotatable bonds is 16. The van der Waals surface area contributed by atoms with Crippen molar-refractivity contribution in [3.8, 4) is 0 Å². The number of carbonyl (C=O) groups is 4. The summed E-state index contributed by atoms with van der Waals surface area (Å²) >= 11 is 0. The molecule has 0 aromatic heterocycles. The summed E-state index contributed by atoms with van der Waals surface area (Å²) in [6.45, 7) is 23.8. The van der Waals surface area contributed by atoms with Gasteiger partial charge in [-0.15, -0.1) is 0 Å². The topological polar surface area (TPSA) is 136 Å².